The van der Waals surface area contributed by atoms with Crippen LogP contribution >= 0.6 is 0 Å². The van der Waals surface area contributed by atoms with E-state index < -0.39 is 11.9 Å². The molecule has 1 heterocycles. The van der Waals surface area contributed by atoms with Crippen LogP contribution in [0.15, 0.2) is 36.7 Å². The molecule has 34 heavy (non-hydrogen) atoms. The molecule has 0 atom stereocenters. The third-order valence-corrected chi connectivity index (χ3v) is 5.95. The van der Waals surface area contributed by atoms with E-state index in [4.69, 9.17) is 10.2 Å². The number of hydrogen-bond donors (Lipinski definition) is 3. The van der Waals surface area contributed by atoms with Gasteiger partial charge in [0.1, 0.15) is 5.82 Å². The largest absolute Gasteiger partial charge is 0.478 e. The van der Waals surface area contributed by atoms with Gasteiger partial charge in [-0.05, 0) is 30.7 Å². The molecule has 0 spiro atoms. The van der Waals surface area contributed by atoms with Crippen molar-refractivity contribution in [2.75, 3.05) is 0 Å². The molecular weight excluding hydrogens is 428 g/mol. The van der Waals surface area contributed by atoms with E-state index in [-0.39, 0.29) is 11.1 Å². The van der Waals surface area contributed by atoms with Crippen molar-refractivity contribution in [1.82, 2.24) is 9.97 Å². The molecule has 0 saturated carbocycles. The molecule has 3 N–H and O–H groups in total. The molecule has 6 nitrogen and oxygen atoms in total. The molecule has 0 amide bonds. The van der Waals surface area contributed by atoms with E-state index in [1.807, 2.05) is 12.4 Å². The van der Waals surface area contributed by atoms with E-state index in [9.17, 15) is 9.59 Å². The number of aromatic carboxylic acids is 2. The number of nitrogens with one attached hydrogen (secondary N) is 1. The van der Waals surface area contributed by atoms with Crippen LogP contribution < -0.4 is 0 Å². The number of carboxylic acid groups (broad SMARTS) is 2. The summed E-state index contributed by atoms with van der Waals surface area (Å²) < 4.78 is 0. The number of carboxylic acids is 2. The zero-order valence-corrected chi connectivity index (χ0v) is 20.9. The van der Waals surface area contributed by atoms with Crippen molar-refractivity contribution >= 4 is 11.9 Å². The maximum atomic E-state index is 10.3. The van der Waals surface area contributed by atoms with Crippen LogP contribution in [-0.4, -0.2) is 32.1 Å². The Morgan fingerprint density at radius 1 is 0.676 bits per heavy atom. The molecule has 0 aliphatic rings. The molecule has 0 bridgehead atoms. The van der Waals surface area contributed by atoms with E-state index >= 15 is 0 Å². The highest BCUT2D eigenvalue weighted by Crippen LogP contribution is 2.13. The molecular formula is C28H44N2O4. The molecule has 0 aliphatic carbocycles. The lowest BCUT2D eigenvalue weighted by atomic mass is 10.0. The number of aryl methyl sites for hydroxylation is 1. The van der Waals surface area contributed by atoms with Crippen LogP contribution in [0.4, 0.5) is 0 Å². The fourth-order valence-corrected chi connectivity index (χ4v) is 3.85. The van der Waals surface area contributed by atoms with Gasteiger partial charge in [-0.15, -0.1) is 0 Å². The molecule has 6 heteroatoms. The standard InChI is InChI=1S/C20H38N2.C8H6O4/c1-2-3-4-5-6-7-8-9-10-11-12-13-14-15-16-17-20-21-18-19-22-20;9-7(10)5-1-2-6(4-3-5)8(11)12/h18-19H,2-17H2,1H3,(H,21,22);1-4H,(H,9,10)(H,11,12). The maximum Gasteiger partial charge on any atom is 0.335 e. The topological polar surface area (TPSA) is 103 Å². The minimum absolute atomic E-state index is 0.0833. The summed E-state index contributed by atoms with van der Waals surface area (Å²) >= 11 is 0. The second kappa shape index (κ2) is 19.8. The number of imidazole rings is 1. The number of H-pyrrole nitrogens is 1. The summed E-state index contributed by atoms with van der Waals surface area (Å²) in [5.74, 6) is -0.978. The normalized spacial score (nSPS) is 10.5. The van der Waals surface area contributed by atoms with Gasteiger partial charge in [0, 0.05) is 18.8 Å². The number of unbranched alkanes of at least 4 members (excludes halogenated alkanes) is 14. The summed E-state index contributed by atoms with van der Waals surface area (Å²) in [5, 5.41) is 16.9. The van der Waals surface area contributed by atoms with E-state index in [2.05, 4.69) is 16.9 Å². The van der Waals surface area contributed by atoms with Gasteiger partial charge in [-0.1, -0.05) is 96.8 Å². The summed E-state index contributed by atoms with van der Waals surface area (Å²) in [6.45, 7) is 2.29. The number of carbonyl (C=O) groups is 2. The van der Waals surface area contributed by atoms with E-state index in [0.717, 1.165) is 12.2 Å². The van der Waals surface area contributed by atoms with Crippen LogP contribution in [0.3, 0.4) is 0 Å². The predicted octanol–water partition coefficient (Wildman–Crippen LogP) is 7.91. The summed E-state index contributed by atoms with van der Waals surface area (Å²) in [7, 11) is 0. The number of aromatic nitrogens is 2. The Labute approximate surface area is 205 Å². The minimum Gasteiger partial charge on any atom is -0.478 e. The zero-order valence-electron chi connectivity index (χ0n) is 20.9. The van der Waals surface area contributed by atoms with Gasteiger partial charge in [-0.2, -0.15) is 0 Å². The molecule has 0 fully saturated rings. The summed E-state index contributed by atoms with van der Waals surface area (Å²) in [6.07, 6.45) is 26.3. The van der Waals surface area contributed by atoms with Gasteiger partial charge in [-0.25, -0.2) is 14.6 Å². The first-order valence-corrected chi connectivity index (χ1v) is 13.1. The van der Waals surface area contributed by atoms with Crippen LogP contribution in [0, 0.1) is 0 Å². The molecule has 2 aromatic rings. The van der Waals surface area contributed by atoms with Crippen LogP contribution in [-0.2, 0) is 6.42 Å². The first kappa shape index (κ1) is 29.4. The van der Waals surface area contributed by atoms with E-state index in [0.29, 0.717) is 0 Å². The van der Waals surface area contributed by atoms with Crippen molar-refractivity contribution in [2.24, 2.45) is 0 Å². The average molecular weight is 473 g/mol. The predicted molar refractivity (Wildman–Crippen MR) is 138 cm³/mol. The second-order valence-corrected chi connectivity index (χ2v) is 8.92. The van der Waals surface area contributed by atoms with Crippen molar-refractivity contribution < 1.29 is 19.8 Å². The summed E-state index contributed by atoms with van der Waals surface area (Å²) in [6, 6.07) is 5.02. The van der Waals surface area contributed by atoms with Gasteiger partial charge in [0.05, 0.1) is 11.1 Å². The monoisotopic (exact) mass is 472 g/mol. The lowest BCUT2D eigenvalue weighted by Gasteiger charge is -2.03. The third-order valence-electron chi connectivity index (χ3n) is 5.95. The van der Waals surface area contributed by atoms with Gasteiger partial charge < -0.3 is 15.2 Å². The second-order valence-electron chi connectivity index (χ2n) is 8.92. The van der Waals surface area contributed by atoms with Crippen molar-refractivity contribution in [3.8, 4) is 0 Å². The lowest BCUT2D eigenvalue weighted by molar-refractivity contribution is 0.0681. The lowest BCUT2D eigenvalue weighted by Crippen LogP contribution is -1.99. The van der Waals surface area contributed by atoms with Crippen LogP contribution in [0.1, 0.15) is 130 Å². The zero-order chi connectivity index (χ0) is 24.9. The number of aromatic amines is 1. The smallest absolute Gasteiger partial charge is 0.335 e. The first-order chi connectivity index (χ1) is 16.5. The Hall–Kier alpha value is -2.63. The average Bonchev–Trinajstić information content (AvgIpc) is 3.35. The Kier molecular flexibility index (Phi) is 17.1. The third kappa shape index (κ3) is 15.3. The van der Waals surface area contributed by atoms with Gasteiger partial charge in [0.2, 0.25) is 0 Å². The SMILES string of the molecule is CCCCCCCCCCCCCCCCCc1ncc[nH]1.O=C(O)c1ccc(C(=O)O)cc1. The quantitative estimate of drug-likeness (QED) is 0.191. The highest BCUT2D eigenvalue weighted by atomic mass is 16.4. The Morgan fingerprint density at radius 3 is 1.38 bits per heavy atom. The fourth-order valence-electron chi connectivity index (χ4n) is 3.85. The molecule has 190 valence electrons. The molecule has 0 saturated heterocycles. The highest BCUT2D eigenvalue weighted by Gasteiger charge is 2.05. The van der Waals surface area contributed by atoms with Gasteiger partial charge in [0.25, 0.3) is 0 Å². The van der Waals surface area contributed by atoms with Crippen molar-refractivity contribution in [3.05, 3.63) is 53.6 Å². The number of nitrogens with zero attached hydrogens (tertiary/aromatic N) is 1. The Morgan fingerprint density at radius 2 is 1.06 bits per heavy atom. The summed E-state index contributed by atoms with van der Waals surface area (Å²) in [4.78, 5) is 28.1. The van der Waals surface area contributed by atoms with E-state index in [1.54, 1.807) is 0 Å². The molecule has 0 radical (unpaired) electrons. The van der Waals surface area contributed by atoms with Gasteiger partial charge in [0.15, 0.2) is 0 Å². The van der Waals surface area contributed by atoms with Crippen LogP contribution in [0.2, 0.25) is 0 Å². The van der Waals surface area contributed by atoms with E-state index in [1.165, 1.54) is 121 Å². The van der Waals surface area contributed by atoms with Crippen LogP contribution in [0.5, 0.6) is 0 Å². The first-order valence-electron chi connectivity index (χ1n) is 13.1. The van der Waals surface area contributed by atoms with Crippen molar-refractivity contribution in [1.29, 1.82) is 0 Å². The number of benzene rings is 1. The fraction of sp³-hybridized carbons (Fsp3) is 0.607. The molecule has 1 aromatic heterocycles. The molecule has 2 rings (SSSR count). The summed E-state index contributed by atoms with van der Waals surface area (Å²) in [5.41, 5.74) is 0.167. The Balaban J connectivity index is 0.000000404. The Bertz CT molecular complexity index is 724. The van der Waals surface area contributed by atoms with Crippen molar-refractivity contribution in [2.45, 2.75) is 110 Å². The number of hydrogen-bond acceptors (Lipinski definition) is 3. The molecule has 0 aliphatic heterocycles. The number of rotatable bonds is 18. The van der Waals surface area contributed by atoms with Gasteiger partial charge >= 0.3 is 11.9 Å². The van der Waals surface area contributed by atoms with Crippen LogP contribution in [0.25, 0.3) is 0 Å². The minimum atomic E-state index is -1.06. The maximum absolute atomic E-state index is 10.3. The van der Waals surface area contributed by atoms with Crippen molar-refractivity contribution in [3.63, 3.8) is 0 Å². The van der Waals surface area contributed by atoms with Gasteiger partial charge in [-0.3, -0.25) is 0 Å². The highest BCUT2D eigenvalue weighted by molar-refractivity contribution is 5.91. The molecule has 0 unspecified atom stereocenters. The molecule has 1 aromatic carbocycles.